The predicted octanol–water partition coefficient (Wildman–Crippen LogP) is 1.89. The van der Waals surface area contributed by atoms with E-state index in [1.165, 1.54) is 0 Å². The molecule has 0 bridgehead atoms. The highest BCUT2D eigenvalue weighted by Gasteiger charge is 2.47. The van der Waals surface area contributed by atoms with Gasteiger partial charge in [-0.3, -0.25) is 9.59 Å². The summed E-state index contributed by atoms with van der Waals surface area (Å²) in [5.74, 6) is -0.488. The first-order valence-electron chi connectivity index (χ1n) is 8.05. The summed E-state index contributed by atoms with van der Waals surface area (Å²) >= 11 is 5.82. The van der Waals surface area contributed by atoms with Crippen LogP contribution in [0.3, 0.4) is 0 Å². The number of carbonyl (C=O) groups is 2. The molecule has 2 amide bonds. The summed E-state index contributed by atoms with van der Waals surface area (Å²) in [5.41, 5.74) is 0.989. The molecular formula is C17H21ClN2O3. The molecule has 6 heteroatoms. The highest BCUT2D eigenvalue weighted by atomic mass is 35.5. The lowest BCUT2D eigenvalue weighted by atomic mass is 10.2. The van der Waals surface area contributed by atoms with E-state index in [-0.39, 0.29) is 29.8 Å². The highest BCUT2D eigenvalue weighted by Crippen LogP contribution is 2.38. The van der Waals surface area contributed by atoms with E-state index < -0.39 is 0 Å². The second-order valence-corrected chi connectivity index (χ2v) is 6.61. The van der Waals surface area contributed by atoms with Crippen LogP contribution in [0, 0.1) is 11.8 Å². The molecule has 124 valence electrons. The SMILES string of the molecule is O=C(NCc1ccc(Cl)cc1)C1CC1C(=O)NCC1CCCO1. The maximum Gasteiger partial charge on any atom is 0.224 e. The maximum atomic E-state index is 12.1. The number of hydrogen-bond donors (Lipinski definition) is 2. The van der Waals surface area contributed by atoms with Gasteiger partial charge in [-0.25, -0.2) is 0 Å². The topological polar surface area (TPSA) is 67.4 Å². The minimum atomic E-state index is -0.202. The number of rotatable bonds is 6. The molecule has 3 unspecified atom stereocenters. The standard InChI is InChI=1S/C17H21ClN2O3/c18-12-5-3-11(4-6-12)9-19-16(21)14-8-15(14)17(22)20-10-13-2-1-7-23-13/h3-6,13-15H,1-2,7-10H2,(H,19,21)(H,20,22). The average molecular weight is 337 g/mol. The molecule has 1 aliphatic heterocycles. The van der Waals surface area contributed by atoms with Gasteiger partial charge in [0.05, 0.1) is 17.9 Å². The molecule has 2 N–H and O–H groups in total. The van der Waals surface area contributed by atoms with Crippen LogP contribution in [-0.2, 0) is 20.9 Å². The normalized spacial score (nSPS) is 25.9. The number of halogens is 1. The van der Waals surface area contributed by atoms with Crippen LogP contribution in [0.2, 0.25) is 5.02 Å². The van der Waals surface area contributed by atoms with Crippen molar-refractivity contribution in [2.75, 3.05) is 13.2 Å². The van der Waals surface area contributed by atoms with Gasteiger partial charge in [-0.05, 0) is 37.0 Å². The Hall–Kier alpha value is -1.59. The Kier molecular flexibility index (Phi) is 5.18. The number of benzene rings is 1. The fourth-order valence-electron chi connectivity index (χ4n) is 2.85. The van der Waals surface area contributed by atoms with Crippen LogP contribution >= 0.6 is 11.6 Å². The lowest BCUT2D eigenvalue weighted by Crippen LogP contribution is -2.34. The fraction of sp³-hybridized carbons (Fsp3) is 0.529. The Morgan fingerprint density at radius 1 is 1.13 bits per heavy atom. The Bertz CT molecular complexity index is 570. The highest BCUT2D eigenvalue weighted by molar-refractivity contribution is 6.30. The molecule has 3 rings (SSSR count). The lowest BCUT2D eigenvalue weighted by molar-refractivity contribution is -0.127. The molecule has 1 aliphatic carbocycles. The Morgan fingerprint density at radius 2 is 1.83 bits per heavy atom. The predicted molar refractivity (Wildman–Crippen MR) is 86.9 cm³/mol. The molecule has 23 heavy (non-hydrogen) atoms. The molecule has 1 saturated carbocycles. The van der Waals surface area contributed by atoms with Crippen LogP contribution in [0.1, 0.15) is 24.8 Å². The van der Waals surface area contributed by atoms with Crippen molar-refractivity contribution >= 4 is 23.4 Å². The summed E-state index contributed by atoms with van der Waals surface area (Å²) in [6, 6.07) is 7.34. The molecule has 1 saturated heterocycles. The summed E-state index contributed by atoms with van der Waals surface area (Å²) in [4.78, 5) is 24.1. The van der Waals surface area contributed by atoms with Crippen LogP contribution in [0.4, 0.5) is 0 Å². The van der Waals surface area contributed by atoms with Crippen molar-refractivity contribution in [3.8, 4) is 0 Å². The van der Waals surface area contributed by atoms with Crippen molar-refractivity contribution in [2.45, 2.75) is 31.9 Å². The Balaban J connectivity index is 1.37. The number of amides is 2. The lowest BCUT2D eigenvalue weighted by Gasteiger charge is -2.10. The molecule has 5 nitrogen and oxygen atoms in total. The number of carbonyl (C=O) groups excluding carboxylic acids is 2. The number of nitrogens with one attached hydrogen (secondary N) is 2. The first kappa shape index (κ1) is 16.3. The van der Waals surface area contributed by atoms with Crippen LogP contribution in [-0.4, -0.2) is 31.1 Å². The zero-order valence-corrected chi connectivity index (χ0v) is 13.6. The Morgan fingerprint density at radius 3 is 2.48 bits per heavy atom. The molecule has 0 radical (unpaired) electrons. The first-order chi connectivity index (χ1) is 11.1. The quantitative estimate of drug-likeness (QED) is 0.833. The summed E-state index contributed by atoms with van der Waals surface area (Å²) in [7, 11) is 0. The van der Waals surface area contributed by atoms with Crippen LogP contribution in [0.25, 0.3) is 0 Å². The molecular weight excluding hydrogens is 316 g/mol. The average Bonchev–Trinajstić information content (AvgIpc) is 3.19. The van der Waals surface area contributed by atoms with Gasteiger partial charge in [0, 0.05) is 24.7 Å². The monoisotopic (exact) mass is 336 g/mol. The third-order valence-electron chi connectivity index (χ3n) is 4.37. The van der Waals surface area contributed by atoms with Gasteiger partial charge in [0.1, 0.15) is 0 Å². The summed E-state index contributed by atoms with van der Waals surface area (Å²) in [6.07, 6.45) is 2.81. The second kappa shape index (κ2) is 7.32. The van der Waals surface area contributed by atoms with Crippen LogP contribution in [0.15, 0.2) is 24.3 Å². The minimum Gasteiger partial charge on any atom is -0.376 e. The summed E-state index contributed by atoms with van der Waals surface area (Å²) in [6.45, 7) is 1.78. The van der Waals surface area contributed by atoms with Gasteiger partial charge in [0.25, 0.3) is 0 Å². The first-order valence-corrected chi connectivity index (χ1v) is 8.43. The smallest absolute Gasteiger partial charge is 0.224 e. The fourth-order valence-corrected chi connectivity index (χ4v) is 2.97. The van der Waals surface area contributed by atoms with Crippen molar-refractivity contribution in [3.05, 3.63) is 34.9 Å². The van der Waals surface area contributed by atoms with E-state index >= 15 is 0 Å². The van der Waals surface area contributed by atoms with Crippen molar-refractivity contribution in [1.29, 1.82) is 0 Å². The molecule has 2 aliphatic rings. The largest absolute Gasteiger partial charge is 0.376 e. The van der Waals surface area contributed by atoms with Gasteiger partial charge in [0.2, 0.25) is 11.8 Å². The van der Waals surface area contributed by atoms with Gasteiger partial charge in [-0.1, -0.05) is 23.7 Å². The van der Waals surface area contributed by atoms with Gasteiger partial charge >= 0.3 is 0 Å². The maximum absolute atomic E-state index is 12.1. The molecule has 2 fully saturated rings. The zero-order valence-electron chi connectivity index (χ0n) is 12.9. The van der Waals surface area contributed by atoms with Crippen LogP contribution in [0.5, 0.6) is 0 Å². The van der Waals surface area contributed by atoms with Crippen molar-refractivity contribution in [1.82, 2.24) is 10.6 Å². The van der Waals surface area contributed by atoms with Crippen molar-refractivity contribution in [2.24, 2.45) is 11.8 Å². The minimum absolute atomic E-state index is 0.0351. The van der Waals surface area contributed by atoms with Gasteiger partial charge < -0.3 is 15.4 Å². The third-order valence-corrected chi connectivity index (χ3v) is 4.62. The van der Waals surface area contributed by atoms with Crippen LogP contribution < -0.4 is 10.6 Å². The summed E-state index contributed by atoms with van der Waals surface area (Å²) < 4.78 is 5.47. The summed E-state index contributed by atoms with van der Waals surface area (Å²) in [5, 5.41) is 6.44. The molecule has 1 aromatic carbocycles. The van der Waals surface area contributed by atoms with Gasteiger partial charge in [-0.2, -0.15) is 0 Å². The second-order valence-electron chi connectivity index (χ2n) is 6.17. The van der Waals surface area contributed by atoms with E-state index in [1.54, 1.807) is 12.1 Å². The molecule has 1 heterocycles. The van der Waals surface area contributed by atoms with E-state index in [2.05, 4.69) is 10.6 Å². The zero-order chi connectivity index (χ0) is 16.2. The van der Waals surface area contributed by atoms with E-state index in [1.807, 2.05) is 12.1 Å². The van der Waals surface area contributed by atoms with E-state index in [0.29, 0.717) is 24.5 Å². The Labute approximate surface area is 140 Å². The van der Waals surface area contributed by atoms with E-state index in [9.17, 15) is 9.59 Å². The van der Waals surface area contributed by atoms with Gasteiger partial charge in [-0.15, -0.1) is 0 Å². The van der Waals surface area contributed by atoms with Gasteiger partial charge in [0.15, 0.2) is 0 Å². The van der Waals surface area contributed by atoms with E-state index in [4.69, 9.17) is 16.3 Å². The van der Waals surface area contributed by atoms with E-state index in [0.717, 1.165) is 25.0 Å². The molecule has 1 aromatic rings. The number of hydrogen-bond acceptors (Lipinski definition) is 3. The number of ether oxygens (including phenoxy) is 1. The molecule has 0 aromatic heterocycles. The van der Waals surface area contributed by atoms with Crippen molar-refractivity contribution in [3.63, 3.8) is 0 Å². The third kappa shape index (κ3) is 4.45. The van der Waals surface area contributed by atoms with Crippen molar-refractivity contribution < 1.29 is 14.3 Å². The molecule has 0 spiro atoms. The molecule has 3 atom stereocenters.